The van der Waals surface area contributed by atoms with Crippen LogP contribution in [0.2, 0.25) is 0 Å². The van der Waals surface area contributed by atoms with Gasteiger partial charge in [0.25, 0.3) is 0 Å². The first-order valence-electron chi connectivity index (χ1n) is 7.72. The van der Waals surface area contributed by atoms with Crippen molar-refractivity contribution in [3.63, 3.8) is 0 Å². The lowest BCUT2D eigenvalue weighted by atomic mass is 10.1. The molecule has 0 aliphatic carbocycles. The molecule has 0 aliphatic heterocycles. The minimum Gasteiger partial charge on any atom is -0.496 e. The van der Waals surface area contributed by atoms with E-state index in [0.29, 0.717) is 6.42 Å². The Morgan fingerprint density at radius 2 is 1.90 bits per heavy atom. The Morgan fingerprint density at radius 1 is 1.19 bits per heavy atom. The van der Waals surface area contributed by atoms with E-state index in [1.54, 1.807) is 13.3 Å². The molecule has 0 aromatic heterocycles. The van der Waals surface area contributed by atoms with Gasteiger partial charge in [0.2, 0.25) is 5.91 Å². The molecule has 0 saturated heterocycles. The van der Waals surface area contributed by atoms with Gasteiger partial charge in [-0.15, -0.1) is 0 Å². The van der Waals surface area contributed by atoms with E-state index in [1.165, 1.54) is 25.7 Å². The van der Waals surface area contributed by atoms with Gasteiger partial charge in [0, 0.05) is 12.0 Å². The van der Waals surface area contributed by atoms with Crippen LogP contribution in [0.25, 0.3) is 0 Å². The highest BCUT2D eigenvalue weighted by Gasteiger charge is 2.00. The molecular formula is C17H26N2O2. The summed E-state index contributed by atoms with van der Waals surface area (Å²) in [6.45, 7) is 2.20. The van der Waals surface area contributed by atoms with Crippen LogP contribution in [0.4, 0.5) is 0 Å². The molecule has 4 heteroatoms. The predicted octanol–water partition coefficient (Wildman–Crippen LogP) is 3.90. The quantitative estimate of drug-likeness (QED) is 0.404. The zero-order valence-corrected chi connectivity index (χ0v) is 13.1. The summed E-state index contributed by atoms with van der Waals surface area (Å²) in [5.74, 6) is 0.711. The van der Waals surface area contributed by atoms with E-state index in [1.807, 2.05) is 24.3 Å². The summed E-state index contributed by atoms with van der Waals surface area (Å²) in [6.07, 6.45) is 9.21. The van der Waals surface area contributed by atoms with Crippen LogP contribution in [-0.4, -0.2) is 19.2 Å². The molecule has 0 bridgehead atoms. The molecule has 4 nitrogen and oxygen atoms in total. The third-order valence-corrected chi connectivity index (χ3v) is 3.29. The molecule has 1 rings (SSSR count). The molecular weight excluding hydrogens is 264 g/mol. The van der Waals surface area contributed by atoms with Crippen LogP contribution in [0.3, 0.4) is 0 Å². The number of para-hydroxylation sites is 1. The highest BCUT2D eigenvalue weighted by Crippen LogP contribution is 2.14. The maximum absolute atomic E-state index is 11.6. The van der Waals surface area contributed by atoms with E-state index in [0.717, 1.165) is 24.2 Å². The summed E-state index contributed by atoms with van der Waals surface area (Å²) in [5.41, 5.74) is 3.41. The maximum Gasteiger partial charge on any atom is 0.240 e. The Balaban J connectivity index is 2.22. The van der Waals surface area contributed by atoms with Gasteiger partial charge in [0.05, 0.1) is 13.3 Å². The predicted molar refractivity (Wildman–Crippen MR) is 86.7 cm³/mol. The molecule has 0 heterocycles. The average molecular weight is 290 g/mol. The lowest BCUT2D eigenvalue weighted by molar-refractivity contribution is -0.121. The zero-order chi connectivity index (χ0) is 15.3. The van der Waals surface area contributed by atoms with Crippen LogP contribution in [0.1, 0.15) is 57.4 Å². The molecule has 1 amide bonds. The smallest absolute Gasteiger partial charge is 0.240 e. The minimum atomic E-state index is -0.0309. The Kier molecular flexibility index (Phi) is 8.93. The van der Waals surface area contributed by atoms with Gasteiger partial charge in [-0.2, -0.15) is 5.10 Å². The van der Waals surface area contributed by atoms with Crippen molar-refractivity contribution in [1.82, 2.24) is 5.43 Å². The van der Waals surface area contributed by atoms with E-state index in [9.17, 15) is 4.79 Å². The van der Waals surface area contributed by atoms with Crippen molar-refractivity contribution in [1.29, 1.82) is 0 Å². The lowest BCUT2D eigenvalue weighted by Gasteiger charge is -2.03. The molecule has 0 spiro atoms. The van der Waals surface area contributed by atoms with Gasteiger partial charge >= 0.3 is 0 Å². The summed E-state index contributed by atoms with van der Waals surface area (Å²) in [7, 11) is 1.61. The minimum absolute atomic E-state index is 0.0309. The van der Waals surface area contributed by atoms with Crippen LogP contribution in [0.15, 0.2) is 29.4 Å². The van der Waals surface area contributed by atoms with E-state index >= 15 is 0 Å². The van der Waals surface area contributed by atoms with Crippen molar-refractivity contribution in [2.24, 2.45) is 5.10 Å². The van der Waals surface area contributed by atoms with Crippen molar-refractivity contribution in [2.45, 2.75) is 51.9 Å². The van der Waals surface area contributed by atoms with E-state index in [-0.39, 0.29) is 5.91 Å². The maximum atomic E-state index is 11.6. The fourth-order valence-corrected chi connectivity index (χ4v) is 2.07. The van der Waals surface area contributed by atoms with E-state index < -0.39 is 0 Å². The van der Waals surface area contributed by atoms with Gasteiger partial charge in [-0.25, -0.2) is 5.43 Å². The number of benzene rings is 1. The second-order valence-electron chi connectivity index (χ2n) is 5.05. The Labute approximate surface area is 127 Å². The third kappa shape index (κ3) is 7.49. The Morgan fingerprint density at radius 3 is 2.67 bits per heavy atom. The van der Waals surface area contributed by atoms with E-state index in [2.05, 4.69) is 17.5 Å². The van der Waals surface area contributed by atoms with Crippen molar-refractivity contribution in [3.05, 3.63) is 29.8 Å². The third-order valence-electron chi connectivity index (χ3n) is 3.29. The number of amides is 1. The molecule has 1 aromatic carbocycles. The van der Waals surface area contributed by atoms with Crippen LogP contribution in [0, 0.1) is 0 Å². The molecule has 1 N–H and O–H groups in total. The fourth-order valence-electron chi connectivity index (χ4n) is 2.07. The van der Waals surface area contributed by atoms with Gasteiger partial charge in [0.15, 0.2) is 0 Å². The first-order chi connectivity index (χ1) is 10.3. The van der Waals surface area contributed by atoms with Gasteiger partial charge in [-0.05, 0) is 18.6 Å². The van der Waals surface area contributed by atoms with Crippen LogP contribution < -0.4 is 10.2 Å². The average Bonchev–Trinajstić information content (AvgIpc) is 2.51. The number of hydrogen-bond donors (Lipinski definition) is 1. The Hall–Kier alpha value is -1.84. The fraction of sp³-hybridized carbons (Fsp3) is 0.529. The lowest BCUT2D eigenvalue weighted by Crippen LogP contribution is -2.16. The van der Waals surface area contributed by atoms with Gasteiger partial charge in [-0.3, -0.25) is 4.79 Å². The SMILES string of the molecule is CCCCCCCCC(=O)NN=Cc1ccccc1OC. The first-order valence-corrected chi connectivity index (χ1v) is 7.72. The number of unbranched alkanes of at least 4 members (excludes halogenated alkanes) is 5. The number of nitrogens with zero attached hydrogens (tertiary/aromatic N) is 1. The van der Waals surface area contributed by atoms with Crippen LogP contribution in [-0.2, 0) is 4.79 Å². The summed E-state index contributed by atoms with van der Waals surface area (Å²) in [5, 5.41) is 3.97. The van der Waals surface area contributed by atoms with E-state index in [4.69, 9.17) is 4.74 Å². The zero-order valence-electron chi connectivity index (χ0n) is 13.1. The number of nitrogens with one attached hydrogen (secondary N) is 1. The number of carbonyl (C=O) groups is 1. The molecule has 0 saturated carbocycles. The number of rotatable bonds is 10. The van der Waals surface area contributed by atoms with Crippen molar-refractivity contribution >= 4 is 12.1 Å². The molecule has 0 fully saturated rings. The normalized spacial score (nSPS) is 10.8. The summed E-state index contributed by atoms with van der Waals surface area (Å²) < 4.78 is 5.21. The van der Waals surface area contributed by atoms with Crippen molar-refractivity contribution in [2.75, 3.05) is 7.11 Å². The highest BCUT2D eigenvalue weighted by molar-refractivity contribution is 5.85. The van der Waals surface area contributed by atoms with Crippen LogP contribution >= 0.6 is 0 Å². The molecule has 0 atom stereocenters. The van der Waals surface area contributed by atoms with Gasteiger partial charge in [-0.1, -0.05) is 51.2 Å². The largest absolute Gasteiger partial charge is 0.496 e. The standard InChI is InChI=1S/C17H26N2O2/c1-3-4-5-6-7-8-13-17(20)19-18-14-15-11-9-10-12-16(15)21-2/h9-12,14H,3-8,13H2,1-2H3,(H,19,20). The number of hydrogen-bond acceptors (Lipinski definition) is 3. The second-order valence-corrected chi connectivity index (χ2v) is 5.05. The first kappa shape index (κ1) is 17.2. The topological polar surface area (TPSA) is 50.7 Å². The molecule has 0 aliphatic rings. The summed E-state index contributed by atoms with van der Waals surface area (Å²) >= 11 is 0. The number of carbonyl (C=O) groups excluding carboxylic acids is 1. The van der Waals surface area contributed by atoms with Crippen LogP contribution in [0.5, 0.6) is 5.75 Å². The molecule has 116 valence electrons. The number of methoxy groups -OCH3 is 1. The molecule has 21 heavy (non-hydrogen) atoms. The Bertz CT molecular complexity index is 444. The summed E-state index contributed by atoms with van der Waals surface area (Å²) in [4.78, 5) is 11.6. The van der Waals surface area contributed by atoms with Crippen molar-refractivity contribution < 1.29 is 9.53 Å². The van der Waals surface area contributed by atoms with Crippen molar-refractivity contribution in [3.8, 4) is 5.75 Å². The summed E-state index contributed by atoms with van der Waals surface area (Å²) in [6, 6.07) is 7.55. The van der Waals surface area contributed by atoms with Gasteiger partial charge < -0.3 is 4.74 Å². The monoisotopic (exact) mass is 290 g/mol. The highest BCUT2D eigenvalue weighted by atomic mass is 16.5. The molecule has 1 aromatic rings. The number of hydrazone groups is 1. The van der Waals surface area contributed by atoms with Gasteiger partial charge in [0.1, 0.15) is 5.75 Å². The molecule has 0 unspecified atom stereocenters. The second kappa shape index (κ2) is 10.9. The number of ether oxygens (including phenoxy) is 1. The molecule has 0 radical (unpaired) electrons.